The topological polar surface area (TPSA) is 68.8 Å². The Kier molecular flexibility index (Phi) is 4.29. The summed E-state index contributed by atoms with van der Waals surface area (Å²) in [6.45, 7) is 4.16. The van der Waals surface area contributed by atoms with Crippen molar-refractivity contribution in [3.8, 4) is 0 Å². The molecular weight excluding hydrogens is 283 g/mol. The fraction of sp³-hybridized carbons (Fsp3) is 0.385. The second-order valence-corrected chi connectivity index (χ2v) is 4.59. The molecular formula is C13H16F3N5. The molecule has 0 radical (unpaired) electrons. The molecule has 0 saturated heterocycles. The average Bonchev–Trinajstić information content (AvgIpc) is 2.80. The van der Waals surface area contributed by atoms with Gasteiger partial charge in [-0.1, -0.05) is 0 Å². The van der Waals surface area contributed by atoms with E-state index < -0.39 is 17.8 Å². The fourth-order valence-corrected chi connectivity index (χ4v) is 2.28. The highest BCUT2D eigenvalue weighted by atomic mass is 19.4. The summed E-state index contributed by atoms with van der Waals surface area (Å²) in [5.41, 5.74) is 2.92. The minimum atomic E-state index is -4.47. The lowest BCUT2D eigenvalue weighted by atomic mass is 10.00. The third kappa shape index (κ3) is 3.06. The summed E-state index contributed by atoms with van der Waals surface area (Å²) in [6, 6.07) is 1.82. The molecule has 1 unspecified atom stereocenters. The van der Waals surface area contributed by atoms with Crippen LogP contribution in [0.2, 0.25) is 0 Å². The third-order valence-electron chi connectivity index (χ3n) is 3.16. The molecule has 2 aromatic heterocycles. The maximum absolute atomic E-state index is 13.1. The predicted molar refractivity (Wildman–Crippen MR) is 71.0 cm³/mol. The first-order valence-electron chi connectivity index (χ1n) is 6.40. The van der Waals surface area contributed by atoms with Gasteiger partial charge in [0.05, 0.1) is 23.0 Å². The SMILES string of the molecule is CCn1nc(C)cc1C(NN)c1cnccc1C(F)(F)F. The van der Waals surface area contributed by atoms with E-state index in [2.05, 4.69) is 15.5 Å². The van der Waals surface area contributed by atoms with E-state index in [0.717, 1.165) is 12.3 Å². The minimum absolute atomic E-state index is 0.0258. The van der Waals surface area contributed by atoms with Gasteiger partial charge < -0.3 is 0 Å². The maximum atomic E-state index is 13.1. The van der Waals surface area contributed by atoms with Crippen molar-refractivity contribution in [2.45, 2.75) is 32.6 Å². The summed E-state index contributed by atoms with van der Waals surface area (Å²) in [6.07, 6.45) is -2.18. The summed E-state index contributed by atoms with van der Waals surface area (Å²) in [5.74, 6) is 5.50. The van der Waals surface area contributed by atoms with Crippen molar-refractivity contribution >= 4 is 0 Å². The Morgan fingerprint density at radius 2 is 2.14 bits per heavy atom. The molecule has 5 nitrogen and oxygen atoms in total. The van der Waals surface area contributed by atoms with Crippen LogP contribution in [0.25, 0.3) is 0 Å². The first-order valence-corrected chi connectivity index (χ1v) is 6.40. The van der Waals surface area contributed by atoms with E-state index in [0.29, 0.717) is 17.9 Å². The maximum Gasteiger partial charge on any atom is 0.416 e. The highest BCUT2D eigenvalue weighted by Gasteiger charge is 2.36. The van der Waals surface area contributed by atoms with E-state index in [1.807, 2.05) is 6.92 Å². The lowest BCUT2D eigenvalue weighted by Gasteiger charge is -2.21. The van der Waals surface area contributed by atoms with Crippen LogP contribution >= 0.6 is 0 Å². The zero-order chi connectivity index (χ0) is 15.6. The second-order valence-electron chi connectivity index (χ2n) is 4.59. The lowest BCUT2D eigenvalue weighted by Crippen LogP contribution is -2.32. The Balaban J connectivity index is 2.57. The van der Waals surface area contributed by atoms with E-state index in [4.69, 9.17) is 5.84 Å². The molecule has 0 bridgehead atoms. The minimum Gasteiger partial charge on any atom is -0.271 e. The van der Waals surface area contributed by atoms with E-state index >= 15 is 0 Å². The molecule has 21 heavy (non-hydrogen) atoms. The fourth-order valence-electron chi connectivity index (χ4n) is 2.28. The molecule has 0 amide bonds. The van der Waals surface area contributed by atoms with E-state index in [-0.39, 0.29) is 5.56 Å². The molecule has 0 saturated carbocycles. The molecule has 0 aliphatic carbocycles. The normalized spacial score (nSPS) is 13.4. The Labute approximate surface area is 119 Å². The van der Waals surface area contributed by atoms with Crippen molar-refractivity contribution in [2.24, 2.45) is 5.84 Å². The average molecular weight is 299 g/mol. The summed E-state index contributed by atoms with van der Waals surface area (Å²) >= 11 is 0. The Morgan fingerprint density at radius 3 is 2.71 bits per heavy atom. The van der Waals surface area contributed by atoms with Gasteiger partial charge >= 0.3 is 6.18 Å². The van der Waals surface area contributed by atoms with Gasteiger partial charge in [0.2, 0.25) is 0 Å². The van der Waals surface area contributed by atoms with E-state index in [1.165, 1.54) is 6.20 Å². The number of nitrogens with two attached hydrogens (primary N) is 1. The smallest absolute Gasteiger partial charge is 0.271 e. The van der Waals surface area contributed by atoms with Crippen molar-refractivity contribution in [2.75, 3.05) is 0 Å². The molecule has 0 spiro atoms. The highest BCUT2D eigenvalue weighted by molar-refractivity contribution is 5.35. The van der Waals surface area contributed by atoms with Crippen molar-refractivity contribution in [1.29, 1.82) is 0 Å². The molecule has 2 rings (SSSR count). The molecule has 0 aliphatic rings. The van der Waals surface area contributed by atoms with Gasteiger partial charge in [-0.25, -0.2) is 5.43 Å². The van der Waals surface area contributed by atoms with Crippen molar-refractivity contribution in [3.05, 3.63) is 47.0 Å². The van der Waals surface area contributed by atoms with Gasteiger partial charge in [0.15, 0.2) is 0 Å². The number of rotatable bonds is 4. The number of hydrazine groups is 1. The number of aromatic nitrogens is 3. The van der Waals surface area contributed by atoms with Crippen LogP contribution in [0.4, 0.5) is 13.2 Å². The zero-order valence-electron chi connectivity index (χ0n) is 11.6. The van der Waals surface area contributed by atoms with Crippen LogP contribution in [0.1, 0.15) is 35.5 Å². The summed E-state index contributed by atoms with van der Waals surface area (Å²) in [5, 5.41) is 4.23. The van der Waals surface area contributed by atoms with Gasteiger partial charge in [-0.05, 0) is 26.0 Å². The first-order chi connectivity index (χ1) is 9.88. The second kappa shape index (κ2) is 5.82. The van der Waals surface area contributed by atoms with Gasteiger partial charge in [-0.2, -0.15) is 18.3 Å². The molecule has 0 fully saturated rings. The number of pyridine rings is 1. The Morgan fingerprint density at radius 1 is 1.43 bits per heavy atom. The number of alkyl halides is 3. The van der Waals surface area contributed by atoms with Crippen LogP contribution in [0.3, 0.4) is 0 Å². The van der Waals surface area contributed by atoms with Crippen LogP contribution in [0.5, 0.6) is 0 Å². The number of nitrogens with one attached hydrogen (secondary N) is 1. The monoisotopic (exact) mass is 299 g/mol. The van der Waals surface area contributed by atoms with Gasteiger partial charge in [0.25, 0.3) is 0 Å². The zero-order valence-corrected chi connectivity index (χ0v) is 11.6. The van der Waals surface area contributed by atoms with Gasteiger partial charge in [-0.3, -0.25) is 15.5 Å². The standard InChI is InChI=1S/C13H16F3N5/c1-3-21-11(6-8(2)20-21)12(19-17)9-7-18-5-4-10(9)13(14,15)16/h4-7,12,19H,3,17H2,1-2H3. The number of hydrogen-bond acceptors (Lipinski definition) is 4. The van der Waals surface area contributed by atoms with Crippen molar-refractivity contribution in [1.82, 2.24) is 20.2 Å². The quantitative estimate of drug-likeness (QED) is 0.670. The summed E-state index contributed by atoms with van der Waals surface area (Å²) in [4.78, 5) is 3.79. The van der Waals surface area contributed by atoms with E-state index in [1.54, 1.807) is 17.7 Å². The molecule has 2 aromatic rings. The van der Waals surface area contributed by atoms with Crippen LogP contribution in [0, 0.1) is 6.92 Å². The lowest BCUT2D eigenvalue weighted by molar-refractivity contribution is -0.138. The molecule has 1 atom stereocenters. The molecule has 0 aromatic carbocycles. The van der Waals surface area contributed by atoms with Gasteiger partial charge in [-0.15, -0.1) is 0 Å². The number of halogens is 3. The van der Waals surface area contributed by atoms with Crippen molar-refractivity contribution in [3.63, 3.8) is 0 Å². The number of hydrogen-bond donors (Lipinski definition) is 2. The number of nitrogens with zero attached hydrogens (tertiary/aromatic N) is 3. The van der Waals surface area contributed by atoms with Crippen molar-refractivity contribution < 1.29 is 13.2 Å². The largest absolute Gasteiger partial charge is 0.416 e. The molecule has 8 heteroatoms. The van der Waals surface area contributed by atoms with Crippen LogP contribution in [0.15, 0.2) is 24.5 Å². The van der Waals surface area contributed by atoms with Crippen LogP contribution in [-0.2, 0) is 12.7 Å². The molecule has 3 N–H and O–H groups in total. The summed E-state index contributed by atoms with van der Waals surface area (Å²) < 4.78 is 41.0. The third-order valence-corrected chi connectivity index (χ3v) is 3.16. The molecule has 0 aliphatic heterocycles. The summed E-state index contributed by atoms with van der Waals surface area (Å²) in [7, 11) is 0. The molecule has 2 heterocycles. The van der Waals surface area contributed by atoms with E-state index in [9.17, 15) is 13.2 Å². The van der Waals surface area contributed by atoms with Crippen LogP contribution in [-0.4, -0.2) is 14.8 Å². The highest BCUT2D eigenvalue weighted by Crippen LogP contribution is 2.35. The Bertz CT molecular complexity index is 621. The number of aryl methyl sites for hydroxylation is 2. The van der Waals surface area contributed by atoms with Gasteiger partial charge in [0, 0.05) is 24.5 Å². The predicted octanol–water partition coefficient (Wildman–Crippen LogP) is 2.18. The molecule has 114 valence electrons. The first kappa shape index (κ1) is 15.5. The van der Waals surface area contributed by atoms with Crippen LogP contribution < -0.4 is 11.3 Å². The Hall–Kier alpha value is -1.93. The van der Waals surface area contributed by atoms with Gasteiger partial charge in [0.1, 0.15) is 0 Å².